The number of hydrogen-bond donors (Lipinski definition) is 0. The summed E-state index contributed by atoms with van der Waals surface area (Å²) in [7, 11) is 7.08. The monoisotopic (exact) mass is 636 g/mol. The second-order valence-electron chi connectivity index (χ2n) is 12.9. The van der Waals surface area contributed by atoms with Crippen LogP contribution in [0.1, 0.15) is 83.1 Å². The predicted molar refractivity (Wildman–Crippen MR) is 150 cm³/mol. The van der Waals surface area contributed by atoms with Crippen LogP contribution < -0.4 is 0 Å². The summed E-state index contributed by atoms with van der Waals surface area (Å²) in [6.07, 6.45) is 16.4. The minimum absolute atomic E-state index is 0.0944. The van der Waals surface area contributed by atoms with Crippen molar-refractivity contribution in [3.05, 3.63) is 65.4 Å². The van der Waals surface area contributed by atoms with Crippen molar-refractivity contribution in [2.24, 2.45) is 21.7 Å². The number of allylic oxidation sites excluding steroid dienone is 12. The molecule has 0 aromatic carbocycles. The van der Waals surface area contributed by atoms with E-state index in [-0.39, 0.29) is 42.6 Å². The zero-order valence-electron chi connectivity index (χ0n) is 22.2. The van der Waals surface area contributed by atoms with Crippen molar-refractivity contribution in [3.8, 4) is 0 Å². The molecule has 0 fully saturated rings. The van der Waals surface area contributed by atoms with Crippen LogP contribution in [0, 0.1) is 21.7 Å². The van der Waals surface area contributed by atoms with E-state index in [0.29, 0.717) is 0 Å². The van der Waals surface area contributed by atoms with E-state index < -0.39 is 12.6 Å². The van der Waals surface area contributed by atoms with Gasteiger partial charge in [0.2, 0.25) is 0 Å². The first-order valence-electron chi connectivity index (χ1n) is 11.5. The van der Waals surface area contributed by atoms with E-state index in [1.807, 2.05) is 0 Å². The van der Waals surface area contributed by atoms with Crippen molar-refractivity contribution in [1.29, 1.82) is 0 Å². The van der Waals surface area contributed by atoms with Crippen molar-refractivity contribution in [3.63, 3.8) is 0 Å². The van der Waals surface area contributed by atoms with Gasteiger partial charge in [-0.1, -0.05) is 0 Å². The molecular formula is C29H43ClSeTe. The minimum atomic E-state index is -1.46. The molecule has 0 nitrogen and oxygen atoms in total. The molecule has 2 rings (SSSR count). The summed E-state index contributed by atoms with van der Waals surface area (Å²) in [4.78, 5) is 0. The summed E-state index contributed by atoms with van der Waals surface area (Å²) >= 11 is -1.74. The van der Waals surface area contributed by atoms with Gasteiger partial charge in [-0.05, 0) is 0 Å². The second-order valence-corrected chi connectivity index (χ2v) is 20.5. The molecule has 2 aliphatic heterocycles. The van der Waals surface area contributed by atoms with Gasteiger partial charge < -0.3 is 0 Å². The van der Waals surface area contributed by atoms with E-state index in [1.165, 1.54) is 20.0 Å². The molecule has 0 saturated carbocycles. The van der Waals surface area contributed by atoms with E-state index in [1.54, 1.807) is 7.24 Å². The molecule has 0 radical (unpaired) electrons. The zero-order chi connectivity index (χ0) is 24.7. The Morgan fingerprint density at radius 1 is 0.688 bits per heavy atom. The third-order valence-corrected chi connectivity index (χ3v) is 17.2. The van der Waals surface area contributed by atoms with Crippen molar-refractivity contribution < 1.29 is 0 Å². The third kappa shape index (κ3) is 7.45. The first kappa shape index (κ1) is 28.1. The Kier molecular flexibility index (Phi) is 8.69. The van der Waals surface area contributed by atoms with Crippen LogP contribution in [0.3, 0.4) is 0 Å². The molecule has 0 aliphatic carbocycles. The second kappa shape index (κ2) is 9.88. The van der Waals surface area contributed by atoms with Gasteiger partial charge in [0.1, 0.15) is 0 Å². The van der Waals surface area contributed by atoms with Gasteiger partial charge in [0.05, 0.1) is 0 Å². The van der Waals surface area contributed by atoms with Crippen LogP contribution in [0.25, 0.3) is 0 Å². The fraction of sp³-hybridized carbons (Fsp3) is 0.552. The molecule has 1 atom stereocenters. The van der Waals surface area contributed by atoms with E-state index >= 15 is 0 Å². The Bertz CT molecular complexity index is 934. The van der Waals surface area contributed by atoms with E-state index in [2.05, 4.69) is 126 Å². The summed E-state index contributed by atoms with van der Waals surface area (Å²) < 4.78 is 6.13. The molecule has 32 heavy (non-hydrogen) atoms. The fourth-order valence-electron chi connectivity index (χ4n) is 3.26. The van der Waals surface area contributed by atoms with Crippen molar-refractivity contribution in [1.82, 2.24) is 0 Å². The Hall–Kier alpha value is -0.0909. The van der Waals surface area contributed by atoms with Crippen LogP contribution in [0.4, 0.5) is 0 Å². The summed E-state index contributed by atoms with van der Waals surface area (Å²) in [6, 6.07) is 0. The standard InChI is InChI=1S/C29H43ClSeTe/c1-26(2,3)22-16-20(17-23(31(22)30)27(4,5)6)14-13-15-21-18-24(28(7,8)9)32-25(19-21)29(10,11)12/h13-19H,1-12H3/b14-13+. The molecular weight excluding hydrogens is 590 g/mol. The summed E-state index contributed by atoms with van der Waals surface area (Å²) in [5.41, 5.74) is 3.26. The topological polar surface area (TPSA) is 0 Å². The molecule has 2 heterocycles. The summed E-state index contributed by atoms with van der Waals surface area (Å²) in [5, 5.41) is 0. The maximum atomic E-state index is 7.08. The Morgan fingerprint density at radius 3 is 1.59 bits per heavy atom. The van der Waals surface area contributed by atoms with E-state index in [4.69, 9.17) is 10.1 Å². The van der Waals surface area contributed by atoms with E-state index in [0.717, 1.165) is 0 Å². The molecule has 0 spiro atoms. The average molecular weight is 634 g/mol. The van der Waals surface area contributed by atoms with Crippen LogP contribution in [0.15, 0.2) is 65.4 Å². The normalized spacial score (nSPS) is 21.3. The first-order valence-corrected chi connectivity index (χ1v) is 17.8. The van der Waals surface area contributed by atoms with Crippen molar-refractivity contribution in [2.75, 3.05) is 0 Å². The van der Waals surface area contributed by atoms with Gasteiger partial charge in [0.15, 0.2) is 0 Å². The number of hydrogen-bond acceptors (Lipinski definition) is 0. The molecule has 2 aliphatic rings. The molecule has 0 saturated heterocycles. The van der Waals surface area contributed by atoms with Crippen LogP contribution >= 0.6 is 10.1 Å². The Balaban J connectivity index is 2.49. The number of rotatable bonds is 2. The summed E-state index contributed by atoms with van der Waals surface area (Å²) in [6.45, 7) is 27.8. The van der Waals surface area contributed by atoms with Gasteiger partial charge in [0, 0.05) is 0 Å². The van der Waals surface area contributed by atoms with E-state index in [9.17, 15) is 0 Å². The van der Waals surface area contributed by atoms with Crippen LogP contribution in [-0.4, -0.2) is 37.9 Å². The van der Waals surface area contributed by atoms with Crippen LogP contribution in [0.2, 0.25) is 0 Å². The third-order valence-electron chi connectivity index (χ3n) is 5.33. The molecule has 1 unspecified atom stereocenters. The average Bonchev–Trinajstić information content (AvgIpc) is 2.59. The Labute approximate surface area is 216 Å². The van der Waals surface area contributed by atoms with Gasteiger partial charge in [-0.25, -0.2) is 0 Å². The Morgan fingerprint density at radius 2 is 1.19 bits per heavy atom. The van der Waals surface area contributed by atoms with Crippen molar-refractivity contribution >= 4 is 48.0 Å². The molecule has 0 aromatic rings. The maximum absolute atomic E-state index is 7.08. The quantitative estimate of drug-likeness (QED) is 0.268. The van der Waals surface area contributed by atoms with Crippen LogP contribution in [-0.2, 0) is 0 Å². The number of halogens is 1. The van der Waals surface area contributed by atoms with Gasteiger partial charge >= 0.3 is 218 Å². The van der Waals surface area contributed by atoms with Crippen LogP contribution in [0.5, 0.6) is 0 Å². The van der Waals surface area contributed by atoms with Gasteiger partial charge in [-0.2, -0.15) is 0 Å². The van der Waals surface area contributed by atoms with Crippen molar-refractivity contribution in [2.45, 2.75) is 83.1 Å². The van der Waals surface area contributed by atoms with Gasteiger partial charge in [-0.15, -0.1) is 0 Å². The predicted octanol–water partition coefficient (Wildman–Crippen LogP) is 8.53. The first-order chi connectivity index (χ1) is 14.3. The molecule has 3 heteroatoms. The molecule has 0 aromatic heterocycles. The SMILES string of the molecule is CC(C)(C)C1=CC(=C/C=C/C2=CC(C(C)(C)C)=[Se](Cl)C(C(C)(C)C)=C2)C=C(C(C)(C)C)[Te]1. The van der Waals surface area contributed by atoms with Gasteiger partial charge in [-0.3, -0.25) is 0 Å². The zero-order valence-corrected chi connectivity index (χ0v) is 27.0. The fourth-order valence-corrected chi connectivity index (χ4v) is 13.4. The van der Waals surface area contributed by atoms with Gasteiger partial charge in [0.25, 0.3) is 0 Å². The molecule has 0 bridgehead atoms. The molecule has 0 N–H and O–H groups in total. The molecule has 178 valence electrons. The molecule has 0 amide bonds. The summed E-state index contributed by atoms with van der Waals surface area (Å²) in [5.74, 6) is 0.